The lowest BCUT2D eigenvalue weighted by atomic mass is 10.1. The van der Waals surface area contributed by atoms with E-state index in [4.69, 9.17) is 4.42 Å². The standard InChI is InChI=1S/C22H13F3N2O3/c23-13-7-5-12(6-8-13)21(28)27-19-15-3-1-2-4-18(15)30-20(19)22(29)26-14-9-10-16(24)17(25)11-14/h1-11H,(H,26,29)(H,27,28). The van der Waals surface area contributed by atoms with Crippen LogP contribution in [-0.4, -0.2) is 11.8 Å². The van der Waals surface area contributed by atoms with Crippen LogP contribution >= 0.6 is 0 Å². The first kappa shape index (κ1) is 19.3. The number of carbonyl (C=O) groups excluding carboxylic acids is 2. The van der Waals surface area contributed by atoms with Gasteiger partial charge in [-0.15, -0.1) is 0 Å². The van der Waals surface area contributed by atoms with Gasteiger partial charge in [0.2, 0.25) is 5.76 Å². The van der Waals surface area contributed by atoms with Crippen molar-refractivity contribution in [3.8, 4) is 0 Å². The van der Waals surface area contributed by atoms with Gasteiger partial charge in [0.1, 0.15) is 17.1 Å². The molecule has 1 aromatic heterocycles. The molecular weight excluding hydrogens is 397 g/mol. The average molecular weight is 410 g/mol. The maximum atomic E-state index is 13.4. The van der Waals surface area contributed by atoms with Crippen molar-refractivity contribution in [2.24, 2.45) is 0 Å². The largest absolute Gasteiger partial charge is 0.449 e. The SMILES string of the molecule is O=C(Nc1c(C(=O)Nc2ccc(F)c(F)c2)oc2ccccc12)c1ccc(F)cc1. The molecule has 4 aromatic rings. The van der Waals surface area contributed by atoms with E-state index in [-0.39, 0.29) is 22.7 Å². The third kappa shape index (κ3) is 3.75. The van der Waals surface area contributed by atoms with Crippen molar-refractivity contribution in [2.75, 3.05) is 10.6 Å². The van der Waals surface area contributed by atoms with E-state index in [1.807, 2.05) is 0 Å². The highest BCUT2D eigenvalue weighted by Gasteiger charge is 2.23. The van der Waals surface area contributed by atoms with Gasteiger partial charge in [-0.25, -0.2) is 13.2 Å². The molecule has 2 amide bonds. The smallest absolute Gasteiger partial charge is 0.293 e. The molecule has 30 heavy (non-hydrogen) atoms. The number of hydrogen-bond donors (Lipinski definition) is 2. The molecule has 8 heteroatoms. The number of amides is 2. The van der Waals surface area contributed by atoms with E-state index in [9.17, 15) is 22.8 Å². The number of benzene rings is 3. The molecule has 0 aliphatic carbocycles. The lowest BCUT2D eigenvalue weighted by Crippen LogP contribution is -2.17. The summed E-state index contributed by atoms with van der Waals surface area (Å²) < 4.78 is 45.3. The summed E-state index contributed by atoms with van der Waals surface area (Å²) in [5, 5.41) is 5.48. The molecule has 0 unspecified atom stereocenters. The number of hydrogen-bond acceptors (Lipinski definition) is 3. The molecule has 2 N–H and O–H groups in total. The van der Waals surface area contributed by atoms with Gasteiger partial charge >= 0.3 is 0 Å². The first-order valence-corrected chi connectivity index (χ1v) is 8.77. The number of anilines is 2. The first-order chi connectivity index (χ1) is 14.4. The third-order valence-corrected chi connectivity index (χ3v) is 4.32. The Morgan fingerprint density at radius 3 is 2.23 bits per heavy atom. The zero-order valence-electron chi connectivity index (χ0n) is 15.2. The van der Waals surface area contributed by atoms with Crippen LogP contribution in [0, 0.1) is 17.5 Å². The van der Waals surface area contributed by atoms with Crippen LogP contribution in [0.25, 0.3) is 11.0 Å². The van der Waals surface area contributed by atoms with Crippen molar-refractivity contribution in [3.63, 3.8) is 0 Å². The van der Waals surface area contributed by atoms with E-state index in [1.165, 1.54) is 18.2 Å². The number of para-hydroxylation sites is 1. The van der Waals surface area contributed by atoms with Crippen LogP contribution in [-0.2, 0) is 0 Å². The van der Waals surface area contributed by atoms with Crippen molar-refractivity contribution in [3.05, 3.63) is 95.5 Å². The molecule has 1 heterocycles. The predicted molar refractivity (Wildman–Crippen MR) is 105 cm³/mol. The molecule has 0 radical (unpaired) electrons. The second-order valence-electron chi connectivity index (χ2n) is 6.35. The summed E-state index contributed by atoms with van der Waals surface area (Å²) in [6.45, 7) is 0. The Hall–Kier alpha value is -4.07. The minimum absolute atomic E-state index is 0.00941. The van der Waals surface area contributed by atoms with Gasteiger partial charge in [-0.2, -0.15) is 0 Å². The molecule has 0 aliphatic rings. The summed E-state index contributed by atoms with van der Waals surface area (Å²) in [6, 6.07) is 14.4. The molecule has 0 fully saturated rings. The summed E-state index contributed by atoms with van der Waals surface area (Å²) >= 11 is 0. The molecule has 0 saturated heterocycles. The quantitative estimate of drug-likeness (QED) is 0.476. The fourth-order valence-corrected chi connectivity index (χ4v) is 2.88. The van der Waals surface area contributed by atoms with E-state index in [0.29, 0.717) is 11.0 Å². The number of carbonyl (C=O) groups is 2. The Labute approximate surface area is 168 Å². The van der Waals surface area contributed by atoms with Crippen molar-refractivity contribution in [1.82, 2.24) is 0 Å². The summed E-state index contributed by atoms with van der Waals surface area (Å²) in [5.74, 6) is -4.25. The molecular formula is C22H13F3N2O3. The summed E-state index contributed by atoms with van der Waals surface area (Å²) in [6.07, 6.45) is 0. The van der Waals surface area contributed by atoms with Crippen LogP contribution in [0.1, 0.15) is 20.9 Å². The van der Waals surface area contributed by atoms with E-state index in [0.717, 1.165) is 24.3 Å². The first-order valence-electron chi connectivity index (χ1n) is 8.77. The van der Waals surface area contributed by atoms with Crippen molar-refractivity contribution in [2.45, 2.75) is 0 Å². The van der Waals surface area contributed by atoms with E-state index in [1.54, 1.807) is 24.3 Å². The van der Waals surface area contributed by atoms with Gasteiger partial charge in [-0.05, 0) is 48.5 Å². The molecule has 0 spiro atoms. The van der Waals surface area contributed by atoms with Gasteiger partial charge in [0.25, 0.3) is 11.8 Å². The Morgan fingerprint density at radius 1 is 0.767 bits per heavy atom. The number of rotatable bonds is 4. The number of halogens is 3. The van der Waals surface area contributed by atoms with Crippen molar-refractivity contribution in [1.29, 1.82) is 0 Å². The average Bonchev–Trinajstić information content (AvgIpc) is 3.10. The van der Waals surface area contributed by atoms with Gasteiger partial charge in [-0.3, -0.25) is 9.59 Å². The second-order valence-corrected chi connectivity index (χ2v) is 6.35. The minimum atomic E-state index is -1.12. The Kier molecular flexibility index (Phi) is 4.97. The maximum Gasteiger partial charge on any atom is 0.293 e. The highest BCUT2D eigenvalue weighted by atomic mass is 19.2. The van der Waals surface area contributed by atoms with Crippen LogP contribution < -0.4 is 10.6 Å². The van der Waals surface area contributed by atoms with Gasteiger partial charge < -0.3 is 15.1 Å². The topological polar surface area (TPSA) is 71.3 Å². The van der Waals surface area contributed by atoms with Crippen LogP contribution in [0.3, 0.4) is 0 Å². The van der Waals surface area contributed by atoms with Crippen LogP contribution in [0.4, 0.5) is 24.5 Å². The Balaban J connectivity index is 1.69. The zero-order chi connectivity index (χ0) is 21.3. The number of fused-ring (bicyclic) bond motifs is 1. The maximum absolute atomic E-state index is 13.4. The van der Waals surface area contributed by atoms with E-state index >= 15 is 0 Å². The normalized spacial score (nSPS) is 10.8. The molecule has 0 saturated carbocycles. The highest BCUT2D eigenvalue weighted by molar-refractivity contribution is 6.16. The Bertz CT molecular complexity index is 1270. The lowest BCUT2D eigenvalue weighted by Gasteiger charge is -2.08. The molecule has 4 rings (SSSR count). The fourth-order valence-electron chi connectivity index (χ4n) is 2.88. The van der Waals surface area contributed by atoms with Gasteiger partial charge in [0.05, 0.1) is 0 Å². The molecule has 0 atom stereocenters. The fraction of sp³-hybridized carbons (Fsp3) is 0. The summed E-state index contributed by atoms with van der Waals surface area (Å²) in [7, 11) is 0. The van der Waals surface area contributed by atoms with Gasteiger partial charge in [0, 0.05) is 22.7 Å². The highest BCUT2D eigenvalue weighted by Crippen LogP contribution is 2.32. The van der Waals surface area contributed by atoms with Crippen LogP contribution in [0.15, 0.2) is 71.1 Å². The summed E-state index contributed by atoms with van der Waals surface area (Å²) in [4.78, 5) is 25.3. The Morgan fingerprint density at radius 2 is 1.50 bits per heavy atom. The van der Waals surface area contributed by atoms with Crippen molar-refractivity contribution >= 4 is 34.2 Å². The molecule has 3 aromatic carbocycles. The minimum Gasteiger partial charge on any atom is -0.449 e. The zero-order valence-corrected chi connectivity index (χ0v) is 15.2. The predicted octanol–water partition coefficient (Wildman–Crippen LogP) is 5.35. The van der Waals surface area contributed by atoms with Crippen LogP contribution in [0.2, 0.25) is 0 Å². The second kappa shape index (κ2) is 7.75. The summed E-state index contributed by atoms with van der Waals surface area (Å²) in [5.41, 5.74) is 0.617. The van der Waals surface area contributed by atoms with Crippen molar-refractivity contribution < 1.29 is 27.2 Å². The monoisotopic (exact) mass is 410 g/mol. The van der Waals surface area contributed by atoms with Gasteiger partial charge in [-0.1, -0.05) is 12.1 Å². The van der Waals surface area contributed by atoms with E-state index in [2.05, 4.69) is 10.6 Å². The lowest BCUT2D eigenvalue weighted by molar-refractivity contribution is 0.0999. The molecule has 150 valence electrons. The van der Waals surface area contributed by atoms with Gasteiger partial charge in [0.15, 0.2) is 11.6 Å². The molecule has 5 nitrogen and oxygen atoms in total. The van der Waals surface area contributed by atoms with E-state index < -0.39 is 29.3 Å². The number of nitrogens with one attached hydrogen (secondary N) is 2. The third-order valence-electron chi connectivity index (χ3n) is 4.32. The molecule has 0 bridgehead atoms. The molecule has 0 aliphatic heterocycles. The number of furan rings is 1. The van der Waals surface area contributed by atoms with Crippen LogP contribution in [0.5, 0.6) is 0 Å².